The van der Waals surface area contributed by atoms with Gasteiger partial charge in [0, 0.05) is 24.8 Å². The summed E-state index contributed by atoms with van der Waals surface area (Å²) in [5.74, 6) is -3.21. The number of methoxy groups -OCH3 is 1. The van der Waals surface area contributed by atoms with Crippen LogP contribution in [-0.2, 0) is 17.9 Å². The zero-order chi connectivity index (χ0) is 15.9. The highest BCUT2D eigenvalue weighted by atomic mass is 19.4. The highest BCUT2D eigenvalue weighted by Gasteiger charge is 2.50. The van der Waals surface area contributed by atoms with E-state index in [1.807, 2.05) is 0 Å². The first-order valence-electron chi connectivity index (χ1n) is 6.39. The first-order chi connectivity index (χ1) is 10.4. The third-order valence-corrected chi connectivity index (χ3v) is 3.60. The average molecular weight is 312 g/mol. The van der Waals surface area contributed by atoms with Crippen LogP contribution in [0.2, 0.25) is 0 Å². The van der Waals surface area contributed by atoms with Crippen molar-refractivity contribution in [1.29, 1.82) is 0 Å². The standard InChI is InChI=1S/C13H11F3N4O2/c1-22-12-8-6-20(5-7(8)2-3-17-12)9-4-18-19-11(21)10(9)13(14,15)16/h2-4,10H,5-6H2,1H3. The Labute approximate surface area is 123 Å². The Bertz CT molecular complexity index is 684. The lowest BCUT2D eigenvalue weighted by Crippen LogP contribution is -2.38. The van der Waals surface area contributed by atoms with E-state index < -0.39 is 18.0 Å². The molecule has 1 aromatic rings. The van der Waals surface area contributed by atoms with Crippen LogP contribution in [-0.4, -0.2) is 29.1 Å². The summed E-state index contributed by atoms with van der Waals surface area (Å²) in [5.41, 5.74) is 1.32. The SMILES string of the molecule is COc1nccc2c1CN(C1=CN=NC(=O)C1C(F)(F)F)C2. The molecule has 1 aromatic heterocycles. The number of azo groups is 1. The molecule has 0 radical (unpaired) electrons. The number of alkyl halides is 3. The van der Waals surface area contributed by atoms with Crippen molar-refractivity contribution in [3.63, 3.8) is 0 Å². The maximum atomic E-state index is 13.1. The lowest BCUT2D eigenvalue weighted by Gasteiger charge is -2.28. The molecule has 9 heteroatoms. The predicted octanol–water partition coefficient (Wildman–Crippen LogP) is 2.42. The highest BCUT2D eigenvalue weighted by molar-refractivity contribution is 5.83. The van der Waals surface area contributed by atoms with Gasteiger partial charge < -0.3 is 9.64 Å². The second kappa shape index (κ2) is 5.08. The molecule has 0 saturated heterocycles. The average Bonchev–Trinajstić information content (AvgIpc) is 2.89. The van der Waals surface area contributed by atoms with Gasteiger partial charge in [0.15, 0.2) is 5.92 Å². The van der Waals surface area contributed by atoms with E-state index >= 15 is 0 Å². The van der Waals surface area contributed by atoms with Crippen LogP contribution in [0.15, 0.2) is 34.4 Å². The molecule has 0 aliphatic carbocycles. The molecular formula is C13H11F3N4O2. The molecule has 6 nitrogen and oxygen atoms in total. The van der Waals surface area contributed by atoms with Crippen LogP contribution in [0.1, 0.15) is 11.1 Å². The zero-order valence-electron chi connectivity index (χ0n) is 11.5. The molecule has 22 heavy (non-hydrogen) atoms. The zero-order valence-corrected chi connectivity index (χ0v) is 11.5. The van der Waals surface area contributed by atoms with Crippen molar-refractivity contribution in [3.05, 3.63) is 35.3 Å². The van der Waals surface area contributed by atoms with E-state index in [4.69, 9.17) is 4.74 Å². The summed E-state index contributed by atoms with van der Waals surface area (Å²) in [6, 6.07) is 1.72. The Morgan fingerprint density at radius 1 is 1.36 bits per heavy atom. The molecule has 3 rings (SSSR count). The van der Waals surface area contributed by atoms with E-state index in [2.05, 4.69) is 15.2 Å². The van der Waals surface area contributed by atoms with Gasteiger partial charge in [-0.2, -0.15) is 18.3 Å². The molecule has 1 amide bonds. The number of hydrogen-bond donors (Lipinski definition) is 0. The summed E-state index contributed by atoms with van der Waals surface area (Å²) in [4.78, 5) is 17.0. The van der Waals surface area contributed by atoms with Crippen molar-refractivity contribution in [2.45, 2.75) is 19.3 Å². The Hall–Kier alpha value is -2.45. The fourth-order valence-electron chi connectivity index (χ4n) is 2.61. The molecule has 0 fully saturated rings. The molecular weight excluding hydrogens is 301 g/mol. The molecule has 0 N–H and O–H groups in total. The Morgan fingerprint density at radius 3 is 2.82 bits per heavy atom. The Morgan fingerprint density at radius 2 is 2.14 bits per heavy atom. The van der Waals surface area contributed by atoms with Crippen LogP contribution in [0, 0.1) is 5.92 Å². The summed E-state index contributed by atoms with van der Waals surface area (Å²) < 4.78 is 44.5. The minimum atomic E-state index is -4.71. The maximum Gasteiger partial charge on any atom is 0.406 e. The Balaban J connectivity index is 1.94. The van der Waals surface area contributed by atoms with Crippen LogP contribution < -0.4 is 4.74 Å². The second-order valence-corrected chi connectivity index (χ2v) is 4.90. The van der Waals surface area contributed by atoms with Crippen molar-refractivity contribution in [2.75, 3.05) is 7.11 Å². The summed E-state index contributed by atoms with van der Waals surface area (Å²) in [5, 5.41) is 6.39. The number of aromatic nitrogens is 1. The van der Waals surface area contributed by atoms with Gasteiger partial charge in [0.2, 0.25) is 5.88 Å². The van der Waals surface area contributed by atoms with E-state index in [-0.39, 0.29) is 18.8 Å². The summed E-state index contributed by atoms with van der Waals surface area (Å²) in [6.45, 7) is 0.406. The van der Waals surface area contributed by atoms with Crippen molar-refractivity contribution in [2.24, 2.45) is 16.1 Å². The lowest BCUT2D eigenvalue weighted by atomic mass is 10.0. The molecule has 116 valence electrons. The first-order valence-corrected chi connectivity index (χ1v) is 6.39. The molecule has 1 unspecified atom stereocenters. The highest BCUT2D eigenvalue weighted by Crippen LogP contribution is 2.40. The van der Waals surface area contributed by atoms with Crippen molar-refractivity contribution >= 4 is 5.91 Å². The van der Waals surface area contributed by atoms with Gasteiger partial charge in [-0.1, -0.05) is 0 Å². The van der Waals surface area contributed by atoms with E-state index in [9.17, 15) is 18.0 Å². The summed E-state index contributed by atoms with van der Waals surface area (Å²) in [7, 11) is 1.45. The molecule has 3 heterocycles. The number of pyridine rings is 1. The number of rotatable bonds is 2. The quantitative estimate of drug-likeness (QED) is 0.841. The van der Waals surface area contributed by atoms with Gasteiger partial charge in [-0.15, -0.1) is 5.11 Å². The monoisotopic (exact) mass is 312 g/mol. The second-order valence-electron chi connectivity index (χ2n) is 4.90. The third-order valence-electron chi connectivity index (χ3n) is 3.60. The number of hydrogen-bond acceptors (Lipinski definition) is 5. The summed E-state index contributed by atoms with van der Waals surface area (Å²) >= 11 is 0. The first kappa shape index (κ1) is 14.5. The molecule has 0 spiro atoms. The van der Waals surface area contributed by atoms with Gasteiger partial charge in [0.1, 0.15) is 0 Å². The fraction of sp³-hybridized carbons (Fsp3) is 0.385. The molecule has 0 bridgehead atoms. The number of fused-ring (bicyclic) bond motifs is 1. The fourth-order valence-corrected chi connectivity index (χ4v) is 2.61. The van der Waals surface area contributed by atoms with Crippen molar-refractivity contribution in [3.8, 4) is 5.88 Å². The van der Waals surface area contributed by atoms with Crippen molar-refractivity contribution in [1.82, 2.24) is 9.88 Å². The van der Waals surface area contributed by atoms with Gasteiger partial charge in [-0.05, 0) is 11.6 Å². The van der Waals surface area contributed by atoms with Gasteiger partial charge in [0.25, 0.3) is 5.91 Å². The third kappa shape index (κ3) is 2.32. The molecule has 0 aromatic carbocycles. The summed E-state index contributed by atoms with van der Waals surface area (Å²) in [6.07, 6.45) is -2.19. The van der Waals surface area contributed by atoms with Crippen LogP contribution in [0.5, 0.6) is 5.88 Å². The number of halogens is 3. The largest absolute Gasteiger partial charge is 0.481 e. The van der Waals surface area contributed by atoms with E-state index in [0.717, 1.165) is 11.8 Å². The van der Waals surface area contributed by atoms with Gasteiger partial charge in [-0.25, -0.2) is 4.98 Å². The van der Waals surface area contributed by atoms with E-state index in [0.29, 0.717) is 11.4 Å². The molecule has 1 atom stereocenters. The maximum absolute atomic E-state index is 13.1. The number of carbonyl (C=O) groups is 1. The minimum absolute atomic E-state index is 0.174. The van der Waals surface area contributed by atoms with Crippen LogP contribution >= 0.6 is 0 Å². The molecule has 0 saturated carbocycles. The topological polar surface area (TPSA) is 67.2 Å². The van der Waals surface area contributed by atoms with Crippen LogP contribution in [0.4, 0.5) is 13.2 Å². The number of ether oxygens (including phenoxy) is 1. The normalized spacial score (nSPS) is 20.9. The van der Waals surface area contributed by atoms with E-state index in [1.54, 1.807) is 6.07 Å². The smallest absolute Gasteiger partial charge is 0.406 e. The van der Waals surface area contributed by atoms with Gasteiger partial charge >= 0.3 is 6.18 Å². The van der Waals surface area contributed by atoms with Gasteiger partial charge in [0.05, 0.1) is 19.0 Å². The van der Waals surface area contributed by atoms with Crippen LogP contribution in [0.25, 0.3) is 0 Å². The number of amides is 1. The number of nitrogens with zero attached hydrogens (tertiary/aromatic N) is 4. The molecule has 2 aliphatic rings. The minimum Gasteiger partial charge on any atom is -0.481 e. The Kier molecular flexibility index (Phi) is 3.34. The van der Waals surface area contributed by atoms with Crippen LogP contribution in [0.3, 0.4) is 0 Å². The molecule has 2 aliphatic heterocycles. The van der Waals surface area contributed by atoms with Gasteiger partial charge in [-0.3, -0.25) is 4.79 Å². The number of carbonyl (C=O) groups excluding carboxylic acids is 1. The lowest BCUT2D eigenvalue weighted by molar-refractivity contribution is -0.177. The predicted molar refractivity (Wildman–Crippen MR) is 67.5 cm³/mol. The van der Waals surface area contributed by atoms with E-state index in [1.165, 1.54) is 18.2 Å². The van der Waals surface area contributed by atoms with Crippen molar-refractivity contribution < 1.29 is 22.7 Å².